The van der Waals surface area contributed by atoms with Crippen LogP contribution < -0.4 is 0 Å². The number of hydrogen-bond acceptors (Lipinski definition) is 4. The minimum Gasteiger partial charge on any atom is -0.508 e. The number of fused-ring (bicyclic) bond motifs is 3. The van der Waals surface area contributed by atoms with E-state index < -0.39 is 5.41 Å². The lowest BCUT2D eigenvalue weighted by Crippen LogP contribution is -2.28. The van der Waals surface area contributed by atoms with Gasteiger partial charge in [-0.05, 0) is 139 Å². The van der Waals surface area contributed by atoms with Crippen molar-refractivity contribution in [2.75, 3.05) is 0 Å². The lowest BCUT2D eigenvalue weighted by Gasteiger charge is -2.34. The molecule has 2 aromatic heterocycles. The van der Waals surface area contributed by atoms with Crippen molar-refractivity contribution in [2.24, 2.45) is 0 Å². The fourth-order valence-electron chi connectivity index (χ4n) is 6.12. The first-order chi connectivity index (χ1) is 19.0. The number of aromatic hydroxyl groups is 2. The van der Waals surface area contributed by atoms with Crippen LogP contribution in [0.15, 0.2) is 106 Å². The number of benzene rings is 4. The average Bonchev–Trinajstić information content (AvgIpc) is 3.72. The Kier molecular flexibility index (Phi) is 5.51. The third-order valence-corrected chi connectivity index (χ3v) is 9.47. The van der Waals surface area contributed by atoms with Gasteiger partial charge in [0, 0.05) is 0 Å². The Hall–Kier alpha value is -4.12. The summed E-state index contributed by atoms with van der Waals surface area (Å²) in [7, 11) is 0. The van der Waals surface area contributed by atoms with Crippen LogP contribution >= 0.6 is 22.7 Å². The minimum atomic E-state index is -0.609. The highest BCUT2D eigenvalue weighted by Gasteiger charge is 2.46. The van der Waals surface area contributed by atoms with Crippen molar-refractivity contribution in [1.82, 2.24) is 0 Å². The van der Waals surface area contributed by atoms with E-state index in [1.54, 1.807) is 34.8 Å². The molecule has 0 saturated carbocycles. The van der Waals surface area contributed by atoms with E-state index in [9.17, 15) is 10.2 Å². The zero-order chi connectivity index (χ0) is 26.7. The largest absolute Gasteiger partial charge is 0.508 e. The summed E-state index contributed by atoms with van der Waals surface area (Å²) in [5, 5.41) is 29.6. The van der Waals surface area contributed by atoms with Crippen molar-refractivity contribution in [3.63, 3.8) is 0 Å². The Bertz CT molecular complexity index is 1710. The maximum Gasteiger partial charge on any atom is 0.118 e. The average molecular weight is 543 g/mol. The van der Waals surface area contributed by atoms with Gasteiger partial charge in [-0.2, -0.15) is 22.7 Å². The van der Waals surface area contributed by atoms with Crippen LogP contribution in [0.1, 0.15) is 33.4 Å². The highest BCUT2D eigenvalue weighted by Crippen LogP contribution is 2.58. The van der Waals surface area contributed by atoms with Gasteiger partial charge in [0.25, 0.3) is 0 Å². The first kappa shape index (κ1) is 24.0. The van der Waals surface area contributed by atoms with Crippen LogP contribution in [0.4, 0.5) is 0 Å². The summed E-state index contributed by atoms with van der Waals surface area (Å²) in [6.45, 7) is 3.90. The van der Waals surface area contributed by atoms with E-state index in [0.29, 0.717) is 0 Å². The zero-order valence-electron chi connectivity index (χ0n) is 21.6. The summed E-state index contributed by atoms with van der Waals surface area (Å²) in [4.78, 5) is 0. The SMILES string of the molecule is Cc1cc(C2(c3ccc(O)c(C)c3)c3ccc(-c4ccsc4)cc3-c3cc(-c4ccsc4)ccc32)ccc1O. The van der Waals surface area contributed by atoms with Crippen molar-refractivity contribution in [1.29, 1.82) is 0 Å². The maximum atomic E-state index is 10.5. The topological polar surface area (TPSA) is 40.5 Å². The molecule has 4 heteroatoms. The van der Waals surface area contributed by atoms with Crippen molar-refractivity contribution in [2.45, 2.75) is 19.3 Å². The summed E-state index contributed by atoms with van der Waals surface area (Å²) >= 11 is 3.41. The molecule has 0 amide bonds. The molecule has 4 aromatic carbocycles. The summed E-state index contributed by atoms with van der Waals surface area (Å²) in [6, 6.07) is 29.9. The molecule has 190 valence electrons. The van der Waals surface area contributed by atoms with Crippen LogP contribution in [0, 0.1) is 13.8 Å². The second-order valence-electron chi connectivity index (χ2n) is 10.3. The van der Waals surface area contributed by atoms with Crippen molar-refractivity contribution >= 4 is 22.7 Å². The molecule has 2 heterocycles. The van der Waals surface area contributed by atoms with Gasteiger partial charge in [-0.3, -0.25) is 0 Å². The van der Waals surface area contributed by atoms with Crippen molar-refractivity contribution in [3.05, 3.63) is 140 Å². The third kappa shape index (κ3) is 3.59. The van der Waals surface area contributed by atoms with Gasteiger partial charge >= 0.3 is 0 Å². The van der Waals surface area contributed by atoms with E-state index >= 15 is 0 Å². The Balaban J connectivity index is 1.61. The smallest absolute Gasteiger partial charge is 0.118 e. The molecule has 0 atom stereocenters. The van der Waals surface area contributed by atoms with Gasteiger partial charge in [-0.15, -0.1) is 0 Å². The second-order valence-corrected chi connectivity index (χ2v) is 11.9. The Labute approximate surface area is 236 Å². The molecule has 6 aromatic rings. The first-order valence-electron chi connectivity index (χ1n) is 12.9. The molecule has 0 bridgehead atoms. The van der Waals surface area contributed by atoms with Gasteiger partial charge in [0.15, 0.2) is 0 Å². The fraction of sp³-hybridized carbons (Fsp3) is 0.0857. The molecule has 7 rings (SSSR count). The van der Waals surface area contributed by atoms with Gasteiger partial charge < -0.3 is 10.2 Å². The molecular weight excluding hydrogens is 517 g/mol. The van der Waals surface area contributed by atoms with Crippen LogP contribution in [-0.2, 0) is 5.41 Å². The van der Waals surface area contributed by atoms with Gasteiger partial charge in [0.1, 0.15) is 11.5 Å². The van der Waals surface area contributed by atoms with E-state index in [-0.39, 0.29) is 11.5 Å². The maximum absolute atomic E-state index is 10.5. The lowest BCUT2D eigenvalue weighted by molar-refractivity contribution is 0.470. The molecule has 0 unspecified atom stereocenters. The normalized spacial score (nSPS) is 13.3. The standard InChI is InChI=1S/C35H26O2S2/c1-21-15-27(5-9-33(21)36)35(28-6-10-34(37)22(2)16-28)31-7-3-23(25-11-13-38-19-25)17-29(31)30-18-24(4-8-32(30)35)26-12-14-39-20-26/h3-20,36-37H,1-2H3. The van der Waals surface area contributed by atoms with Crippen LogP contribution in [-0.4, -0.2) is 10.2 Å². The molecule has 1 aliphatic rings. The van der Waals surface area contributed by atoms with Crippen LogP contribution in [0.3, 0.4) is 0 Å². The van der Waals surface area contributed by atoms with Gasteiger partial charge in [-0.25, -0.2) is 0 Å². The van der Waals surface area contributed by atoms with E-state index in [4.69, 9.17) is 0 Å². The van der Waals surface area contributed by atoms with Crippen LogP contribution in [0.5, 0.6) is 11.5 Å². The highest BCUT2D eigenvalue weighted by atomic mass is 32.1. The molecule has 1 aliphatic carbocycles. The van der Waals surface area contributed by atoms with E-state index in [2.05, 4.69) is 82.2 Å². The molecule has 2 N–H and O–H groups in total. The Morgan fingerprint density at radius 2 is 0.974 bits per heavy atom. The molecular formula is C35H26O2S2. The Morgan fingerprint density at radius 1 is 0.513 bits per heavy atom. The first-order valence-corrected chi connectivity index (χ1v) is 14.8. The number of phenols is 2. The van der Waals surface area contributed by atoms with Crippen molar-refractivity contribution < 1.29 is 10.2 Å². The lowest BCUT2D eigenvalue weighted by atomic mass is 9.67. The van der Waals surface area contributed by atoms with Crippen LogP contribution in [0.25, 0.3) is 33.4 Å². The molecule has 0 aliphatic heterocycles. The van der Waals surface area contributed by atoms with Gasteiger partial charge in [0.05, 0.1) is 5.41 Å². The zero-order valence-corrected chi connectivity index (χ0v) is 23.2. The Morgan fingerprint density at radius 3 is 1.36 bits per heavy atom. The number of aryl methyl sites for hydroxylation is 2. The quantitative estimate of drug-likeness (QED) is 0.232. The third-order valence-electron chi connectivity index (χ3n) is 8.11. The molecule has 0 saturated heterocycles. The monoisotopic (exact) mass is 542 g/mol. The van der Waals surface area contributed by atoms with E-state index in [1.807, 2.05) is 26.0 Å². The number of rotatable bonds is 4. The van der Waals surface area contributed by atoms with Gasteiger partial charge in [0.2, 0.25) is 0 Å². The highest BCUT2D eigenvalue weighted by molar-refractivity contribution is 7.08. The fourth-order valence-corrected chi connectivity index (χ4v) is 7.45. The summed E-state index contributed by atoms with van der Waals surface area (Å²) in [5.74, 6) is 0.574. The van der Waals surface area contributed by atoms with E-state index in [1.165, 1.54) is 44.5 Å². The number of phenolic OH excluding ortho intramolecular Hbond substituents is 2. The molecule has 0 radical (unpaired) electrons. The minimum absolute atomic E-state index is 0.287. The number of thiophene rings is 2. The summed E-state index contributed by atoms with van der Waals surface area (Å²) in [5.41, 5.74) is 12.9. The van der Waals surface area contributed by atoms with Crippen molar-refractivity contribution in [3.8, 4) is 44.9 Å². The summed E-state index contributed by atoms with van der Waals surface area (Å²) < 4.78 is 0. The predicted octanol–water partition coefficient (Wildman–Crippen LogP) is 9.53. The predicted molar refractivity (Wildman–Crippen MR) is 163 cm³/mol. The molecule has 0 fully saturated rings. The molecule has 0 spiro atoms. The van der Waals surface area contributed by atoms with E-state index in [0.717, 1.165) is 22.3 Å². The van der Waals surface area contributed by atoms with Gasteiger partial charge in [-0.1, -0.05) is 48.5 Å². The molecule has 2 nitrogen and oxygen atoms in total. The molecule has 39 heavy (non-hydrogen) atoms. The number of hydrogen-bond donors (Lipinski definition) is 2. The summed E-state index contributed by atoms with van der Waals surface area (Å²) in [6.07, 6.45) is 0. The van der Waals surface area contributed by atoms with Crippen LogP contribution in [0.2, 0.25) is 0 Å². The second kappa shape index (κ2) is 8.98.